The number of ether oxygens (including phenoxy) is 1. The Bertz CT molecular complexity index is 699. The van der Waals surface area contributed by atoms with E-state index >= 15 is 0 Å². The molecule has 2 heterocycles. The first-order valence-electron chi connectivity index (χ1n) is 10.6. The summed E-state index contributed by atoms with van der Waals surface area (Å²) < 4.78 is 33.4. The number of benzene rings is 1. The van der Waals surface area contributed by atoms with Crippen LogP contribution in [0.4, 0.5) is 0 Å². The van der Waals surface area contributed by atoms with Crippen molar-refractivity contribution in [2.24, 2.45) is 0 Å². The van der Waals surface area contributed by atoms with E-state index in [1.54, 1.807) is 4.31 Å². The number of hydrogen-bond donors (Lipinski definition) is 0. The van der Waals surface area contributed by atoms with Crippen molar-refractivity contribution in [2.75, 3.05) is 39.3 Å². The average Bonchev–Trinajstić information content (AvgIpc) is 3.22. The van der Waals surface area contributed by atoms with Gasteiger partial charge in [-0.1, -0.05) is 31.4 Å². The first-order valence-corrected chi connectivity index (χ1v) is 12.0. The lowest BCUT2D eigenvalue weighted by Crippen LogP contribution is -2.50. The van der Waals surface area contributed by atoms with Gasteiger partial charge in [0.2, 0.25) is 10.0 Å². The van der Waals surface area contributed by atoms with Crippen LogP contribution in [0.25, 0.3) is 0 Å². The summed E-state index contributed by atoms with van der Waals surface area (Å²) in [6.45, 7) is 4.52. The van der Waals surface area contributed by atoms with E-state index in [1.165, 1.54) is 37.7 Å². The van der Waals surface area contributed by atoms with Crippen LogP contribution in [0.1, 0.15) is 56.4 Å². The van der Waals surface area contributed by atoms with E-state index in [0.717, 1.165) is 39.1 Å². The second-order valence-electron chi connectivity index (χ2n) is 8.24. The first-order chi connectivity index (χ1) is 13.1. The van der Waals surface area contributed by atoms with Gasteiger partial charge in [-0.15, -0.1) is 0 Å². The van der Waals surface area contributed by atoms with Crippen molar-refractivity contribution in [3.05, 3.63) is 29.8 Å². The molecule has 5 nitrogen and oxygen atoms in total. The van der Waals surface area contributed by atoms with E-state index in [1.807, 2.05) is 24.3 Å². The van der Waals surface area contributed by atoms with Crippen LogP contribution in [0.5, 0.6) is 0 Å². The molecule has 2 saturated heterocycles. The van der Waals surface area contributed by atoms with Gasteiger partial charge >= 0.3 is 0 Å². The Hall–Kier alpha value is -0.950. The summed E-state index contributed by atoms with van der Waals surface area (Å²) >= 11 is 0. The molecule has 1 aromatic carbocycles. The summed E-state index contributed by atoms with van der Waals surface area (Å²) in [6.07, 6.45) is 9.00. The highest BCUT2D eigenvalue weighted by Gasteiger charge is 2.30. The third-order valence-corrected chi connectivity index (χ3v) is 8.32. The Balaban J connectivity index is 1.35. The molecule has 0 amide bonds. The van der Waals surface area contributed by atoms with Gasteiger partial charge in [-0.25, -0.2) is 8.42 Å². The Morgan fingerprint density at radius 3 is 2.22 bits per heavy atom. The molecule has 150 valence electrons. The summed E-state index contributed by atoms with van der Waals surface area (Å²) in [5, 5.41) is 0. The van der Waals surface area contributed by atoms with Crippen molar-refractivity contribution < 1.29 is 13.2 Å². The molecule has 0 aromatic heterocycles. The molecule has 1 aromatic rings. The van der Waals surface area contributed by atoms with Crippen molar-refractivity contribution in [3.63, 3.8) is 0 Å². The van der Waals surface area contributed by atoms with Gasteiger partial charge in [0, 0.05) is 39.3 Å². The molecule has 0 bridgehead atoms. The van der Waals surface area contributed by atoms with Crippen LogP contribution in [0.2, 0.25) is 0 Å². The molecule has 0 radical (unpaired) electrons. The van der Waals surface area contributed by atoms with E-state index in [0.29, 0.717) is 30.0 Å². The molecule has 6 heteroatoms. The fourth-order valence-corrected chi connectivity index (χ4v) is 6.15. The van der Waals surface area contributed by atoms with Crippen molar-refractivity contribution in [1.82, 2.24) is 9.21 Å². The SMILES string of the molecule is O=S(=O)(c1ccc(C2CCCCC2)cc1)N1CCN(C[C@@H]2CCCO2)CC1. The van der Waals surface area contributed by atoms with Crippen molar-refractivity contribution >= 4 is 10.0 Å². The minimum Gasteiger partial charge on any atom is -0.377 e. The van der Waals surface area contributed by atoms with Gasteiger partial charge in [-0.2, -0.15) is 4.31 Å². The second kappa shape index (κ2) is 8.60. The maximum atomic E-state index is 13.0. The fourth-order valence-electron chi connectivity index (χ4n) is 4.73. The zero-order valence-corrected chi connectivity index (χ0v) is 17.0. The van der Waals surface area contributed by atoms with Crippen molar-refractivity contribution in [1.29, 1.82) is 0 Å². The van der Waals surface area contributed by atoms with E-state index in [2.05, 4.69) is 4.90 Å². The van der Waals surface area contributed by atoms with Crippen LogP contribution in [-0.4, -0.2) is 63.1 Å². The molecule has 0 N–H and O–H groups in total. The predicted molar refractivity (Wildman–Crippen MR) is 106 cm³/mol. The highest BCUT2D eigenvalue weighted by Crippen LogP contribution is 2.33. The Morgan fingerprint density at radius 2 is 1.59 bits per heavy atom. The van der Waals surface area contributed by atoms with Gasteiger partial charge in [0.1, 0.15) is 0 Å². The maximum absolute atomic E-state index is 13.0. The standard InChI is InChI=1S/C21H32N2O3S/c24-27(25,21-10-8-19(9-11-21)18-5-2-1-3-6-18)23-14-12-22(13-15-23)17-20-7-4-16-26-20/h8-11,18,20H,1-7,12-17H2/t20-/m0/s1. The largest absolute Gasteiger partial charge is 0.377 e. The monoisotopic (exact) mass is 392 g/mol. The van der Waals surface area contributed by atoms with E-state index in [9.17, 15) is 8.42 Å². The van der Waals surface area contributed by atoms with Crippen LogP contribution in [0, 0.1) is 0 Å². The van der Waals surface area contributed by atoms with Crippen LogP contribution in [0.3, 0.4) is 0 Å². The lowest BCUT2D eigenvalue weighted by atomic mass is 9.84. The van der Waals surface area contributed by atoms with Gasteiger partial charge in [0.25, 0.3) is 0 Å². The first kappa shape index (κ1) is 19.4. The van der Waals surface area contributed by atoms with Crippen LogP contribution >= 0.6 is 0 Å². The minimum atomic E-state index is -3.38. The smallest absolute Gasteiger partial charge is 0.243 e. The highest BCUT2D eigenvalue weighted by atomic mass is 32.2. The van der Waals surface area contributed by atoms with Crippen molar-refractivity contribution in [2.45, 2.75) is 61.9 Å². The van der Waals surface area contributed by atoms with Crippen LogP contribution in [-0.2, 0) is 14.8 Å². The molecule has 27 heavy (non-hydrogen) atoms. The summed E-state index contributed by atoms with van der Waals surface area (Å²) in [7, 11) is -3.38. The van der Waals surface area contributed by atoms with Crippen LogP contribution in [0.15, 0.2) is 29.2 Å². The molecule has 1 saturated carbocycles. The molecular weight excluding hydrogens is 360 g/mol. The number of sulfonamides is 1. The molecule has 0 spiro atoms. The fraction of sp³-hybridized carbons (Fsp3) is 0.714. The molecule has 1 atom stereocenters. The average molecular weight is 393 g/mol. The van der Waals surface area contributed by atoms with Crippen LogP contribution < -0.4 is 0 Å². The van der Waals surface area contributed by atoms with Gasteiger partial charge in [-0.05, 0) is 49.3 Å². The second-order valence-corrected chi connectivity index (χ2v) is 10.2. The molecule has 0 unspecified atom stereocenters. The Labute approximate surface area is 163 Å². The van der Waals surface area contributed by atoms with Gasteiger partial charge in [0.15, 0.2) is 0 Å². The lowest BCUT2D eigenvalue weighted by Gasteiger charge is -2.35. The zero-order valence-electron chi connectivity index (χ0n) is 16.2. The summed E-state index contributed by atoms with van der Waals surface area (Å²) in [5.74, 6) is 0.608. The van der Waals surface area contributed by atoms with E-state index < -0.39 is 10.0 Å². The topological polar surface area (TPSA) is 49.9 Å². The quantitative estimate of drug-likeness (QED) is 0.772. The molecule has 2 aliphatic heterocycles. The number of rotatable bonds is 5. The third-order valence-electron chi connectivity index (χ3n) is 6.41. The third kappa shape index (κ3) is 4.56. The lowest BCUT2D eigenvalue weighted by molar-refractivity contribution is 0.0617. The number of piperazine rings is 1. The van der Waals surface area contributed by atoms with Gasteiger partial charge in [0.05, 0.1) is 11.0 Å². The summed E-state index contributed by atoms with van der Waals surface area (Å²) in [4.78, 5) is 2.78. The Morgan fingerprint density at radius 1 is 0.889 bits per heavy atom. The highest BCUT2D eigenvalue weighted by molar-refractivity contribution is 7.89. The molecular formula is C21H32N2O3S. The van der Waals surface area contributed by atoms with Gasteiger partial charge in [-0.3, -0.25) is 4.90 Å². The zero-order chi connectivity index (χ0) is 18.7. The normalized spacial score (nSPS) is 26.4. The van der Waals surface area contributed by atoms with E-state index in [-0.39, 0.29) is 0 Å². The Kier molecular flexibility index (Phi) is 6.17. The molecule has 3 fully saturated rings. The molecule has 1 aliphatic carbocycles. The van der Waals surface area contributed by atoms with E-state index in [4.69, 9.17) is 4.74 Å². The predicted octanol–water partition coefficient (Wildman–Crippen LogP) is 3.22. The number of nitrogens with zero attached hydrogens (tertiary/aromatic N) is 2. The maximum Gasteiger partial charge on any atom is 0.243 e. The summed E-state index contributed by atoms with van der Waals surface area (Å²) in [5.41, 5.74) is 1.30. The molecule has 4 rings (SSSR count). The summed E-state index contributed by atoms with van der Waals surface area (Å²) in [6, 6.07) is 7.71. The minimum absolute atomic E-state index is 0.334. The van der Waals surface area contributed by atoms with Gasteiger partial charge < -0.3 is 4.74 Å². The molecule has 3 aliphatic rings. The van der Waals surface area contributed by atoms with Crippen molar-refractivity contribution in [3.8, 4) is 0 Å². The number of hydrogen-bond acceptors (Lipinski definition) is 4.